The predicted octanol–water partition coefficient (Wildman–Crippen LogP) is 1.57. The number of hydrogen-bond acceptors (Lipinski definition) is 6. The summed E-state index contributed by atoms with van der Waals surface area (Å²) >= 11 is 0. The number of ether oxygens (including phenoxy) is 2. The zero-order valence-electron chi connectivity index (χ0n) is 12.8. The maximum atomic E-state index is 11.9. The van der Waals surface area contributed by atoms with E-state index in [0.717, 1.165) is 5.57 Å². The van der Waals surface area contributed by atoms with Gasteiger partial charge in [0, 0.05) is 13.3 Å². The number of rotatable bonds is 6. The van der Waals surface area contributed by atoms with Gasteiger partial charge < -0.3 is 14.3 Å². The van der Waals surface area contributed by atoms with Crippen LogP contribution in [-0.2, 0) is 28.7 Å². The average molecular weight is 308 g/mol. The second-order valence-corrected chi connectivity index (χ2v) is 5.90. The second-order valence-electron chi connectivity index (χ2n) is 5.90. The van der Waals surface area contributed by atoms with Crippen molar-refractivity contribution in [1.82, 2.24) is 0 Å². The first-order chi connectivity index (χ1) is 10.4. The Kier molecular flexibility index (Phi) is 5.11. The first-order valence-corrected chi connectivity index (χ1v) is 7.46. The Morgan fingerprint density at radius 3 is 2.64 bits per heavy atom. The molecule has 0 aromatic heterocycles. The lowest BCUT2D eigenvalue weighted by atomic mass is 9.72. The molecular weight excluding hydrogens is 288 g/mol. The summed E-state index contributed by atoms with van der Waals surface area (Å²) in [6.45, 7) is 3.05. The van der Waals surface area contributed by atoms with Crippen molar-refractivity contribution in [2.45, 2.75) is 39.5 Å². The first kappa shape index (κ1) is 16.4. The van der Waals surface area contributed by atoms with Gasteiger partial charge in [0.15, 0.2) is 0 Å². The number of ketones is 1. The van der Waals surface area contributed by atoms with Crippen molar-refractivity contribution < 1.29 is 28.7 Å². The van der Waals surface area contributed by atoms with E-state index in [1.54, 1.807) is 0 Å². The van der Waals surface area contributed by atoms with Gasteiger partial charge in [-0.2, -0.15) is 0 Å². The normalized spacial score (nSPS) is 27.0. The van der Waals surface area contributed by atoms with Crippen LogP contribution in [0.15, 0.2) is 11.6 Å². The molecule has 0 unspecified atom stereocenters. The fourth-order valence-electron chi connectivity index (χ4n) is 3.12. The topological polar surface area (TPSA) is 86.7 Å². The van der Waals surface area contributed by atoms with E-state index in [1.807, 2.05) is 6.08 Å². The summed E-state index contributed by atoms with van der Waals surface area (Å²) in [5, 5.41) is 0. The summed E-state index contributed by atoms with van der Waals surface area (Å²) < 4.78 is 9.68. The molecule has 0 bridgehead atoms. The number of hydrogen-bond donors (Lipinski definition) is 0. The molecular formula is C16H20O6. The van der Waals surface area contributed by atoms with Gasteiger partial charge in [0.05, 0.1) is 18.4 Å². The smallest absolute Gasteiger partial charge is 0.318 e. The highest BCUT2D eigenvalue weighted by atomic mass is 16.6. The van der Waals surface area contributed by atoms with E-state index in [1.165, 1.54) is 13.8 Å². The van der Waals surface area contributed by atoms with Crippen LogP contribution >= 0.6 is 0 Å². The van der Waals surface area contributed by atoms with Gasteiger partial charge in [0.1, 0.15) is 5.78 Å². The van der Waals surface area contributed by atoms with Crippen molar-refractivity contribution in [3.05, 3.63) is 11.6 Å². The van der Waals surface area contributed by atoms with Crippen LogP contribution in [-0.4, -0.2) is 30.3 Å². The van der Waals surface area contributed by atoms with Gasteiger partial charge in [0.25, 0.3) is 0 Å². The molecule has 0 aromatic rings. The number of fused-ring (bicyclic) bond motifs is 1. The minimum atomic E-state index is -0.496. The summed E-state index contributed by atoms with van der Waals surface area (Å²) in [4.78, 5) is 45.7. The maximum absolute atomic E-state index is 11.9. The molecule has 0 aromatic carbocycles. The Morgan fingerprint density at radius 1 is 1.27 bits per heavy atom. The summed E-state index contributed by atoms with van der Waals surface area (Å²) in [5.74, 6) is -2.43. The fraction of sp³-hybridized carbons (Fsp3) is 0.625. The first-order valence-electron chi connectivity index (χ1n) is 7.46. The third kappa shape index (κ3) is 3.81. The lowest BCUT2D eigenvalue weighted by molar-refractivity contribution is -0.154. The van der Waals surface area contributed by atoms with Crippen molar-refractivity contribution in [2.24, 2.45) is 17.8 Å². The van der Waals surface area contributed by atoms with Crippen LogP contribution in [0.5, 0.6) is 0 Å². The molecule has 120 valence electrons. The molecule has 0 saturated carbocycles. The van der Waals surface area contributed by atoms with Crippen LogP contribution in [0.25, 0.3) is 0 Å². The van der Waals surface area contributed by atoms with Crippen LogP contribution in [0.2, 0.25) is 0 Å². The van der Waals surface area contributed by atoms with Crippen molar-refractivity contribution in [1.29, 1.82) is 0 Å². The molecule has 0 spiro atoms. The quantitative estimate of drug-likeness (QED) is 0.420. The number of carbonyl (C=O) groups excluding carboxylic acids is 4. The van der Waals surface area contributed by atoms with Gasteiger partial charge in [-0.1, -0.05) is 11.6 Å². The molecule has 1 heterocycles. The molecule has 0 amide bonds. The van der Waals surface area contributed by atoms with Gasteiger partial charge in [-0.15, -0.1) is 0 Å². The molecule has 6 nitrogen and oxygen atoms in total. The van der Waals surface area contributed by atoms with E-state index in [-0.39, 0.29) is 24.3 Å². The number of carbonyl (C=O) groups is 4. The van der Waals surface area contributed by atoms with Crippen LogP contribution in [0.1, 0.15) is 39.5 Å². The van der Waals surface area contributed by atoms with Crippen molar-refractivity contribution in [3.8, 4) is 0 Å². The monoisotopic (exact) mass is 308 g/mol. The molecule has 6 heteroatoms. The Morgan fingerprint density at radius 2 is 2.00 bits per heavy atom. The summed E-state index contributed by atoms with van der Waals surface area (Å²) in [6.07, 6.45) is 3.89. The molecule has 2 rings (SSSR count). The fourth-order valence-corrected chi connectivity index (χ4v) is 3.12. The van der Waals surface area contributed by atoms with Crippen LogP contribution in [0.3, 0.4) is 0 Å². The van der Waals surface area contributed by atoms with Crippen molar-refractivity contribution in [3.63, 3.8) is 0 Å². The van der Waals surface area contributed by atoms with E-state index in [9.17, 15) is 19.2 Å². The predicted molar refractivity (Wildman–Crippen MR) is 75.4 cm³/mol. The Hall–Kier alpha value is -1.98. The van der Waals surface area contributed by atoms with Gasteiger partial charge in [-0.3, -0.25) is 14.4 Å². The third-order valence-corrected chi connectivity index (χ3v) is 4.16. The van der Waals surface area contributed by atoms with Crippen LogP contribution in [0.4, 0.5) is 0 Å². The second kappa shape index (κ2) is 6.85. The van der Waals surface area contributed by atoms with E-state index in [4.69, 9.17) is 9.47 Å². The molecule has 1 fully saturated rings. The Labute approximate surface area is 128 Å². The van der Waals surface area contributed by atoms with E-state index >= 15 is 0 Å². The number of Topliss-reactive ketones (excluding diaryl/α,β-unsaturated/α-hetero) is 1. The minimum absolute atomic E-state index is 0.0876. The molecule has 3 atom stereocenters. The van der Waals surface area contributed by atoms with Crippen molar-refractivity contribution >= 4 is 23.7 Å². The highest BCUT2D eigenvalue weighted by molar-refractivity contribution is 5.97. The van der Waals surface area contributed by atoms with Crippen LogP contribution < -0.4 is 0 Å². The summed E-state index contributed by atoms with van der Waals surface area (Å²) in [5.41, 5.74) is 0.996. The van der Waals surface area contributed by atoms with Gasteiger partial charge in [-0.05, 0) is 32.1 Å². The number of allylic oxidation sites excluding steroid dienone is 2. The average Bonchev–Trinajstić information content (AvgIpc) is 2.71. The molecule has 2 aliphatic rings. The van der Waals surface area contributed by atoms with E-state index in [0.29, 0.717) is 25.7 Å². The molecule has 0 N–H and O–H groups in total. The van der Waals surface area contributed by atoms with E-state index in [2.05, 4.69) is 0 Å². The van der Waals surface area contributed by atoms with Gasteiger partial charge in [0.2, 0.25) is 0 Å². The largest absolute Gasteiger partial charge is 0.466 e. The zero-order valence-corrected chi connectivity index (χ0v) is 12.8. The van der Waals surface area contributed by atoms with Crippen LogP contribution in [0, 0.1) is 17.8 Å². The number of cyclic esters (lactones) is 2. The van der Waals surface area contributed by atoms with Gasteiger partial charge >= 0.3 is 17.9 Å². The molecule has 1 saturated heterocycles. The maximum Gasteiger partial charge on any atom is 0.318 e. The van der Waals surface area contributed by atoms with Crippen molar-refractivity contribution in [2.75, 3.05) is 6.61 Å². The third-order valence-electron chi connectivity index (χ3n) is 4.16. The highest BCUT2D eigenvalue weighted by Crippen LogP contribution is 2.42. The molecule has 1 aliphatic carbocycles. The highest BCUT2D eigenvalue weighted by Gasteiger charge is 2.49. The zero-order chi connectivity index (χ0) is 16.3. The lowest BCUT2D eigenvalue weighted by Crippen LogP contribution is -2.30. The summed E-state index contributed by atoms with van der Waals surface area (Å²) in [6, 6.07) is 0. The standard InChI is InChI=1S/C16H20O6/c1-9(17)3-4-11-7-12(5-6-21-10(2)18)14-13(8-11)15(19)22-16(14)20/h7,12-14H,3-6,8H2,1-2H3/t12-,13+,14-/m1/s1. The SMILES string of the molecule is CC(=O)CCC1=C[C@@H](CCOC(C)=O)[C@H]2C(=O)OC(=O)[C@H]2C1. The molecule has 22 heavy (non-hydrogen) atoms. The van der Waals surface area contributed by atoms with E-state index < -0.39 is 23.8 Å². The Bertz CT molecular complexity index is 533. The summed E-state index contributed by atoms with van der Waals surface area (Å²) in [7, 11) is 0. The van der Waals surface area contributed by atoms with Gasteiger partial charge in [-0.25, -0.2) is 0 Å². The minimum Gasteiger partial charge on any atom is -0.466 e. The molecule has 1 aliphatic heterocycles. The number of esters is 3. The Balaban J connectivity index is 2.11. The molecule has 0 radical (unpaired) electrons. The lowest BCUT2D eigenvalue weighted by Gasteiger charge is -2.28.